The highest BCUT2D eigenvalue weighted by Gasteiger charge is 2.33. The van der Waals surface area contributed by atoms with Crippen LogP contribution in [0.4, 0.5) is 24.8 Å². The molecule has 0 aromatic carbocycles. The first kappa shape index (κ1) is 15.5. The van der Waals surface area contributed by atoms with E-state index in [4.69, 9.17) is 0 Å². The highest BCUT2D eigenvalue weighted by Crippen LogP contribution is 2.28. The monoisotopic (exact) mass is 350 g/mol. The molecule has 130 valence electrons. The molecule has 0 amide bonds. The predicted molar refractivity (Wildman–Crippen MR) is 82.0 cm³/mol. The average Bonchev–Trinajstić information content (AvgIpc) is 3.00. The molecular formula is C14H13F3N8. The Hall–Kier alpha value is -2.98. The van der Waals surface area contributed by atoms with E-state index in [2.05, 4.69) is 35.5 Å². The number of hydrogen-bond donors (Lipinski definition) is 1. The second-order valence-corrected chi connectivity index (χ2v) is 5.76. The quantitative estimate of drug-likeness (QED) is 0.763. The van der Waals surface area contributed by atoms with Gasteiger partial charge in [0.1, 0.15) is 30.0 Å². The van der Waals surface area contributed by atoms with E-state index >= 15 is 0 Å². The van der Waals surface area contributed by atoms with Gasteiger partial charge in [-0.15, -0.1) is 15.3 Å². The van der Waals surface area contributed by atoms with Crippen molar-refractivity contribution >= 4 is 17.3 Å². The van der Waals surface area contributed by atoms with Gasteiger partial charge in [0.2, 0.25) is 0 Å². The minimum Gasteiger partial charge on any atom is -0.370 e. The van der Waals surface area contributed by atoms with Crippen LogP contribution in [0.15, 0.2) is 30.9 Å². The zero-order chi connectivity index (χ0) is 17.4. The molecule has 1 saturated heterocycles. The Kier molecular flexibility index (Phi) is 3.62. The van der Waals surface area contributed by atoms with Crippen LogP contribution in [0, 0.1) is 5.92 Å². The first-order valence-corrected chi connectivity index (χ1v) is 7.54. The second kappa shape index (κ2) is 5.83. The first-order valence-electron chi connectivity index (χ1n) is 7.54. The summed E-state index contributed by atoms with van der Waals surface area (Å²) in [5.74, 6) is 1.28. The number of aromatic nitrogens is 6. The zero-order valence-corrected chi connectivity index (χ0v) is 12.8. The van der Waals surface area contributed by atoms with Crippen molar-refractivity contribution in [2.24, 2.45) is 5.92 Å². The van der Waals surface area contributed by atoms with Crippen LogP contribution in [0.3, 0.4) is 0 Å². The van der Waals surface area contributed by atoms with E-state index < -0.39 is 11.9 Å². The zero-order valence-electron chi connectivity index (χ0n) is 12.8. The van der Waals surface area contributed by atoms with Crippen LogP contribution >= 0.6 is 0 Å². The number of rotatable bonds is 4. The van der Waals surface area contributed by atoms with Gasteiger partial charge in [0.05, 0.1) is 0 Å². The number of alkyl halides is 3. The summed E-state index contributed by atoms with van der Waals surface area (Å²) in [7, 11) is 0. The van der Waals surface area contributed by atoms with E-state index in [-0.39, 0.29) is 5.82 Å². The van der Waals surface area contributed by atoms with Crippen molar-refractivity contribution in [1.29, 1.82) is 0 Å². The van der Waals surface area contributed by atoms with Crippen molar-refractivity contribution in [2.45, 2.75) is 6.18 Å². The number of nitrogens with one attached hydrogen (secondary N) is 1. The number of hydrogen-bond acceptors (Lipinski definition) is 7. The van der Waals surface area contributed by atoms with Crippen LogP contribution in [-0.4, -0.2) is 49.4 Å². The molecule has 0 unspecified atom stereocenters. The molecule has 1 aliphatic heterocycles. The summed E-state index contributed by atoms with van der Waals surface area (Å²) in [5, 5.41) is 15.0. The summed E-state index contributed by atoms with van der Waals surface area (Å²) in [5.41, 5.74) is -0.279. The third-order valence-electron chi connectivity index (χ3n) is 3.96. The fraction of sp³-hybridized carbons (Fsp3) is 0.357. The molecule has 0 saturated carbocycles. The molecule has 0 aliphatic carbocycles. The SMILES string of the molecule is FC(F)(F)c1cc(NCC2CN(c3ccc4nncn4n3)C2)ncn1. The van der Waals surface area contributed by atoms with Crippen molar-refractivity contribution < 1.29 is 13.2 Å². The van der Waals surface area contributed by atoms with Gasteiger partial charge < -0.3 is 10.2 Å². The lowest BCUT2D eigenvalue weighted by molar-refractivity contribution is -0.141. The van der Waals surface area contributed by atoms with E-state index in [0.29, 0.717) is 18.1 Å². The van der Waals surface area contributed by atoms with Gasteiger partial charge in [-0.1, -0.05) is 0 Å². The topological polar surface area (TPSA) is 84.1 Å². The Morgan fingerprint density at radius 1 is 1.20 bits per heavy atom. The molecule has 3 aromatic heterocycles. The van der Waals surface area contributed by atoms with E-state index in [1.54, 1.807) is 4.52 Å². The fourth-order valence-corrected chi connectivity index (χ4v) is 2.63. The standard InChI is InChI=1S/C14H13F3N8/c15-14(16,17)10-3-11(20-7-19-10)18-4-9-5-24(6-9)13-2-1-12-22-21-8-25(12)23-13/h1-3,7-9H,4-6H2,(H,18,19,20). The number of nitrogens with zero attached hydrogens (tertiary/aromatic N) is 7. The van der Waals surface area contributed by atoms with E-state index in [0.717, 1.165) is 31.3 Å². The van der Waals surface area contributed by atoms with Gasteiger partial charge in [0.25, 0.3) is 0 Å². The Labute approximate surface area is 139 Å². The molecule has 3 aromatic rings. The predicted octanol–water partition coefficient (Wildman–Crippen LogP) is 1.48. The lowest BCUT2D eigenvalue weighted by Crippen LogP contribution is -2.50. The fourth-order valence-electron chi connectivity index (χ4n) is 2.63. The molecule has 1 fully saturated rings. The summed E-state index contributed by atoms with van der Waals surface area (Å²) in [6.07, 6.45) is -2.03. The van der Waals surface area contributed by atoms with Crippen molar-refractivity contribution in [2.75, 3.05) is 29.9 Å². The minimum atomic E-state index is -4.47. The number of halogens is 3. The van der Waals surface area contributed by atoms with Gasteiger partial charge in [-0.2, -0.15) is 17.7 Å². The highest BCUT2D eigenvalue weighted by atomic mass is 19.4. The normalized spacial score (nSPS) is 15.4. The molecule has 4 rings (SSSR count). The van der Waals surface area contributed by atoms with Crippen molar-refractivity contribution in [3.63, 3.8) is 0 Å². The maximum absolute atomic E-state index is 12.6. The Balaban J connectivity index is 1.33. The minimum absolute atomic E-state index is 0.171. The molecule has 0 radical (unpaired) electrons. The Bertz CT molecular complexity index is 887. The third kappa shape index (κ3) is 3.16. The van der Waals surface area contributed by atoms with Gasteiger partial charge in [0, 0.05) is 31.6 Å². The molecule has 0 atom stereocenters. The molecule has 0 spiro atoms. The summed E-state index contributed by atoms with van der Waals surface area (Å²) in [6, 6.07) is 4.62. The van der Waals surface area contributed by atoms with Crippen LogP contribution in [0.25, 0.3) is 5.65 Å². The average molecular weight is 350 g/mol. The first-order chi connectivity index (χ1) is 12.0. The van der Waals surface area contributed by atoms with Crippen LogP contribution in [0.1, 0.15) is 5.69 Å². The van der Waals surface area contributed by atoms with Crippen molar-refractivity contribution in [1.82, 2.24) is 29.8 Å². The number of anilines is 2. The molecule has 1 aliphatic rings. The Morgan fingerprint density at radius 3 is 2.84 bits per heavy atom. The van der Waals surface area contributed by atoms with Crippen LogP contribution in [0.5, 0.6) is 0 Å². The van der Waals surface area contributed by atoms with Crippen molar-refractivity contribution in [3.05, 3.63) is 36.5 Å². The molecule has 8 nitrogen and oxygen atoms in total. The second-order valence-electron chi connectivity index (χ2n) is 5.76. The van der Waals surface area contributed by atoms with Gasteiger partial charge in [-0.3, -0.25) is 0 Å². The molecule has 0 bridgehead atoms. The maximum atomic E-state index is 12.6. The largest absolute Gasteiger partial charge is 0.433 e. The molecule has 4 heterocycles. The van der Waals surface area contributed by atoms with Gasteiger partial charge >= 0.3 is 6.18 Å². The van der Waals surface area contributed by atoms with Crippen molar-refractivity contribution in [3.8, 4) is 0 Å². The summed E-state index contributed by atoms with van der Waals surface area (Å²) in [4.78, 5) is 9.14. The lowest BCUT2D eigenvalue weighted by Gasteiger charge is -2.40. The molecule has 1 N–H and O–H groups in total. The van der Waals surface area contributed by atoms with Gasteiger partial charge in [0.15, 0.2) is 5.65 Å². The van der Waals surface area contributed by atoms with E-state index in [9.17, 15) is 13.2 Å². The number of fused-ring (bicyclic) bond motifs is 1. The molecule has 11 heteroatoms. The lowest BCUT2D eigenvalue weighted by atomic mass is 10.0. The van der Waals surface area contributed by atoms with Gasteiger partial charge in [-0.25, -0.2) is 9.97 Å². The van der Waals surface area contributed by atoms with Gasteiger partial charge in [-0.05, 0) is 12.1 Å². The Morgan fingerprint density at radius 2 is 2.04 bits per heavy atom. The van der Waals surface area contributed by atoms with E-state index in [1.165, 1.54) is 6.33 Å². The summed E-state index contributed by atoms with van der Waals surface area (Å²) >= 11 is 0. The van der Waals surface area contributed by atoms with Crippen LogP contribution in [-0.2, 0) is 6.18 Å². The molecular weight excluding hydrogens is 337 g/mol. The van der Waals surface area contributed by atoms with E-state index in [1.807, 2.05) is 12.1 Å². The van der Waals surface area contributed by atoms with Crippen LogP contribution in [0.2, 0.25) is 0 Å². The summed E-state index contributed by atoms with van der Waals surface area (Å²) < 4.78 is 39.5. The van der Waals surface area contributed by atoms with Crippen LogP contribution < -0.4 is 10.2 Å². The highest BCUT2D eigenvalue weighted by molar-refractivity contribution is 5.47. The maximum Gasteiger partial charge on any atom is 0.433 e. The molecule has 25 heavy (non-hydrogen) atoms. The third-order valence-corrected chi connectivity index (χ3v) is 3.96. The smallest absolute Gasteiger partial charge is 0.370 e. The summed E-state index contributed by atoms with van der Waals surface area (Å²) in [6.45, 7) is 2.04.